The van der Waals surface area contributed by atoms with Gasteiger partial charge in [-0.15, -0.1) is 0 Å². The Morgan fingerprint density at radius 2 is 1.79 bits per heavy atom. The van der Waals surface area contributed by atoms with Crippen molar-refractivity contribution < 1.29 is 19.1 Å². The van der Waals surface area contributed by atoms with Gasteiger partial charge in [-0.05, 0) is 30.3 Å². The van der Waals surface area contributed by atoms with Gasteiger partial charge in [-0.25, -0.2) is 4.98 Å². The smallest absolute Gasteiger partial charge is 0.254 e. The van der Waals surface area contributed by atoms with Crippen LogP contribution in [0.2, 0.25) is 5.02 Å². The van der Waals surface area contributed by atoms with Crippen molar-refractivity contribution in [2.75, 3.05) is 43.1 Å². The summed E-state index contributed by atoms with van der Waals surface area (Å²) in [5.41, 5.74) is 1.66. The summed E-state index contributed by atoms with van der Waals surface area (Å²) in [6.45, 7) is 2.33. The van der Waals surface area contributed by atoms with Crippen LogP contribution >= 0.6 is 22.9 Å². The summed E-state index contributed by atoms with van der Waals surface area (Å²) in [7, 11) is 1.61. The van der Waals surface area contributed by atoms with E-state index in [1.165, 1.54) is 16.2 Å². The lowest BCUT2D eigenvalue weighted by atomic mass is 10.1. The molecule has 2 aromatic carbocycles. The molecule has 3 heterocycles. The number of imide groups is 1. The molecule has 8 nitrogen and oxygen atoms in total. The van der Waals surface area contributed by atoms with Crippen LogP contribution in [-0.2, 0) is 9.59 Å². The zero-order valence-electron chi connectivity index (χ0n) is 17.9. The number of carbonyl (C=O) groups excluding carboxylic acids is 3. The highest BCUT2D eigenvalue weighted by Crippen LogP contribution is 2.39. The molecule has 5 rings (SSSR count). The topological polar surface area (TPSA) is 83.0 Å². The Hall–Kier alpha value is -3.17. The van der Waals surface area contributed by atoms with Gasteiger partial charge in [0.2, 0.25) is 11.8 Å². The van der Waals surface area contributed by atoms with Crippen molar-refractivity contribution in [2.45, 2.75) is 12.8 Å². The molecule has 170 valence electrons. The molecule has 3 amide bonds. The van der Waals surface area contributed by atoms with E-state index in [2.05, 4.69) is 4.90 Å². The SMILES string of the molecule is COc1ccc(Cl)c2sc(N3CCN(C(=O)c4cccc(N5C(=O)CCC5=O)c4)CC3)nc12. The van der Waals surface area contributed by atoms with Crippen molar-refractivity contribution >= 4 is 61.7 Å². The molecule has 0 spiro atoms. The summed E-state index contributed by atoms with van der Waals surface area (Å²) < 4.78 is 6.29. The number of methoxy groups -OCH3 is 1. The molecule has 0 unspecified atom stereocenters. The molecular formula is C23H21ClN4O4S. The van der Waals surface area contributed by atoms with E-state index in [0.29, 0.717) is 48.2 Å². The normalized spacial score (nSPS) is 16.7. The van der Waals surface area contributed by atoms with Gasteiger partial charge in [0.15, 0.2) is 5.13 Å². The maximum absolute atomic E-state index is 13.1. The number of fused-ring (bicyclic) bond motifs is 1. The number of hydrogen-bond acceptors (Lipinski definition) is 7. The molecule has 1 aromatic heterocycles. The number of nitrogens with zero attached hydrogens (tertiary/aromatic N) is 4. The monoisotopic (exact) mass is 484 g/mol. The Balaban J connectivity index is 1.30. The van der Waals surface area contributed by atoms with Crippen LogP contribution in [0.15, 0.2) is 36.4 Å². The molecule has 3 aromatic rings. The van der Waals surface area contributed by atoms with Crippen LogP contribution < -0.4 is 14.5 Å². The van der Waals surface area contributed by atoms with Gasteiger partial charge in [-0.1, -0.05) is 29.0 Å². The van der Waals surface area contributed by atoms with E-state index in [1.54, 1.807) is 42.3 Å². The fourth-order valence-corrected chi connectivity index (χ4v) is 5.47. The highest BCUT2D eigenvalue weighted by atomic mass is 35.5. The molecule has 2 aliphatic rings. The molecule has 0 aliphatic carbocycles. The van der Waals surface area contributed by atoms with E-state index in [0.717, 1.165) is 15.3 Å². The van der Waals surface area contributed by atoms with Crippen molar-refractivity contribution in [3.05, 3.63) is 47.0 Å². The van der Waals surface area contributed by atoms with E-state index >= 15 is 0 Å². The molecule has 0 N–H and O–H groups in total. The number of piperazine rings is 1. The number of carbonyl (C=O) groups is 3. The van der Waals surface area contributed by atoms with Gasteiger partial charge in [0.25, 0.3) is 5.91 Å². The summed E-state index contributed by atoms with van der Waals surface area (Å²) in [4.78, 5) is 47.0. The first kappa shape index (κ1) is 21.7. The first-order chi connectivity index (χ1) is 16.0. The highest BCUT2D eigenvalue weighted by Gasteiger charge is 2.31. The van der Waals surface area contributed by atoms with Crippen LogP contribution in [0.25, 0.3) is 10.2 Å². The molecule has 2 fully saturated rings. The Morgan fingerprint density at radius 1 is 1.06 bits per heavy atom. The maximum atomic E-state index is 13.1. The third kappa shape index (κ3) is 3.91. The molecule has 2 aliphatic heterocycles. The molecule has 10 heteroatoms. The average Bonchev–Trinajstić information content (AvgIpc) is 3.43. The Bertz CT molecular complexity index is 1250. The van der Waals surface area contributed by atoms with Gasteiger partial charge in [0.05, 0.1) is 22.5 Å². The van der Waals surface area contributed by atoms with E-state index in [-0.39, 0.29) is 30.6 Å². The standard InChI is InChI=1S/C23H21ClN4O4S/c1-32-17-6-5-16(24)21-20(17)25-23(33-21)27-11-9-26(10-12-27)22(31)14-3-2-4-15(13-14)28-18(29)7-8-19(28)30/h2-6,13H,7-12H2,1H3. The summed E-state index contributed by atoms with van der Waals surface area (Å²) in [5, 5.41) is 1.48. The fourth-order valence-electron chi connectivity index (χ4n) is 4.17. The molecule has 33 heavy (non-hydrogen) atoms. The van der Waals surface area contributed by atoms with Crippen LogP contribution in [-0.4, -0.2) is 60.9 Å². The Kier molecular flexibility index (Phi) is 5.67. The second-order valence-electron chi connectivity index (χ2n) is 7.88. The predicted octanol–water partition coefficient (Wildman–Crippen LogP) is 3.57. The first-order valence-electron chi connectivity index (χ1n) is 10.6. The largest absolute Gasteiger partial charge is 0.494 e. The number of hydrogen-bond donors (Lipinski definition) is 0. The minimum atomic E-state index is -0.231. The third-order valence-corrected chi connectivity index (χ3v) is 7.48. The van der Waals surface area contributed by atoms with Crippen molar-refractivity contribution in [3.63, 3.8) is 0 Å². The average molecular weight is 485 g/mol. The lowest BCUT2D eigenvalue weighted by Gasteiger charge is -2.34. The lowest BCUT2D eigenvalue weighted by molar-refractivity contribution is -0.121. The van der Waals surface area contributed by atoms with Gasteiger partial charge >= 0.3 is 0 Å². The lowest BCUT2D eigenvalue weighted by Crippen LogP contribution is -2.48. The van der Waals surface area contributed by atoms with Crippen LogP contribution in [0.3, 0.4) is 0 Å². The summed E-state index contributed by atoms with van der Waals surface area (Å²) in [5.74, 6) is 0.0988. The third-order valence-electron chi connectivity index (χ3n) is 5.91. The van der Waals surface area contributed by atoms with Crippen LogP contribution in [0.1, 0.15) is 23.2 Å². The molecule has 0 bridgehead atoms. The minimum absolute atomic E-state index is 0.121. The van der Waals surface area contributed by atoms with E-state index in [9.17, 15) is 14.4 Å². The zero-order valence-corrected chi connectivity index (χ0v) is 19.5. The van der Waals surface area contributed by atoms with Crippen molar-refractivity contribution in [1.29, 1.82) is 0 Å². The maximum Gasteiger partial charge on any atom is 0.254 e. The molecule has 0 atom stereocenters. The van der Waals surface area contributed by atoms with Crippen LogP contribution in [0.5, 0.6) is 5.75 Å². The van der Waals surface area contributed by atoms with E-state index in [1.807, 2.05) is 6.07 Å². The van der Waals surface area contributed by atoms with Crippen molar-refractivity contribution in [2.24, 2.45) is 0 Å². The summed E-state index contributed by atoms with van der Waals surface area (Å²) in [6, 6.07) is 10.3. The minimum Gasteiger partial charge on any atom is -0.494 e. The number of amides is 3. The quantitative estimate of drug-likeness (QED) is 0.526. The number of aromatic nitrogens is 1. The second-order valence-corrected chi connectivity index (χ2v) is 9.26. The number of thiazole rings is 1. The number of anilines is 2. The molecule has 2 saturated heterocycles. The number of rotatable bonds is 4. The van der Waals surface area contributed by atoms with Crippen LogP contribution in [0, 0.1) is 0 Å². The summed E-state index contributed by atoms with van der Waals surface area (Å²) in [6.07, 6.45) is 0.420. The van der Waals surface area contributed by atoms with E-state index < -0.39 is 0 Å². The van der Waals surface area contributed by atoms with Gasteiger partial charge < -0.3 is 14.5 Å². The molecular weight excluding hydrogens is 464 g/mol. The van der Waals surface area contributed by atoms with Gasteiger partial charge in [-0.3, -0.25) is 19.3 Å². The number of ether oxygens (including phenoxy) is 1. The van der Waals surface area contributed by atoms with Crippen molar-refractivity contribution in [1.82, 2.24) is 9.88 Å². The molecule has 0 saturated carbocycles. The molecule has 0 radical (unpaired) electrons. The Morgan fingerprint density at radius 3 is 2.48 bits per heavy atom. The van der Waals surface area contributed by atoms with Crippen molar-refractivity contribution in [3.8, 4) is 5.75 Å². The van der Waals surface area contributed by atoms with Crippen LogP contribution in [0.4, 0.5) is 10.8 Å². The van der Waals surface area contributed by atoms with E-state index in [4.69, 9.17) is 21.3 Å². The van der Waals surface area contributed by atoms with Gasteiger partial charge in [-0.2, -0.15) is 0 Å². The predicted molar refractivity (Wildman–Crippen MR) is 127 cm³/mol. The van der Waals surface area contributed by atoms with Gasteiger partial charge in [0.1, 0.15) is 11.3 Å². The Labute approximate surface area is 199 Å². The zero-order chi connectivity index (χ0) is 23.1. The number of benzene rings is 2. The highest BCUT2D eigenvalue weighted by molar-refractivity contribution is 7.22. The van der Waals surface area contributed by atoms with Gasteiger partial charge in [0, 0.05) is 44.6 Å². The first-order valence-corrected chi connectivity index (χ1v) is 11.8. The number of halogens is 1. The second kappa shape index (κ2) is 8.64. The summed E-state index contributed by atoms with van der Waals surface area (Å²) >= 11 is 7.86. The fraction of sp³-hybridized carbons (Fsp3) is 0.304.